The van der Waals surface area contributed by atoms with Crippen LogP contribution in [-0.4, -0.2) is 80.2 Å². The number of aliphatic carboxylic acids is 1. The van der Waals surface area contributed by atoms with Gasteiger partial charge in [-0.2, -0.15) is 0 Å². The normalized spacial score (nSPS) is 24.2. The first-order chi connectivity index (χ1) is 16.3. The number of nitrogens with zero attached hydrogens (tertiary/aromatic N) is 3. The van der Waals surface area contributed by atoms with Crippen molar-refractivity contribution in [2.75, 3.05) is 30.9 Å². The molecule has 2 saturated heterocycles. The van der Waals surface area contributed by atoms with Crippen LogP contribution in [0.15, 0.2) is 33.3 Å². The lowest BCUT2D eigenvalue weighted by Gasteiger charge is -2.53. The first-order valence-electron chi connectivity index (χ1n) is 9.75. The summed E-state index contributed by atoms with van der Waals surface area (Å²) in [6, 6.07) is 2.21. The predicted octanol–water partition coefficient (Wildman–Crippen LogP) is 0.713. The van der Waals surface area contributed by atoms with Crippen LogP contribution in [-0.2, 0) is 19.2 Å². The van der Waals surface area contributed by atoms with Gasteiger partial charge in [-0.15, -0.1) is 23.1 Å². The van der Waals surface area contributed by atoms with Crippen LogP contribution in [0.4, 0.5) is 5.13 Å². The van der Waals surface area contributed by atoms with Crippen molar-refractivity contribution in [2.24, 2.45) is 10.6 Å². The monoisotopic (exact) mass is 525 g/mol. The number of aromatic nitrogens is 1. The largest absolute Gasteiger partial charge is 0.481 e. The lowest BCUT2D eigenvalue weighted by molar-refractivity contribution is -0.157. The minimum absolute atomic E-state index is 0.0295. The third kappa shape index (κ3) is 4.50. The van der Waals surface area contributed by atoms with E-state index in [9.17, 15) is 24.3 Å². The highest BCUT2D eigenvalue weighted by atomic mass is 32.2. The predicted molar refractivity (Wildman–Crippen MR) is 126 cm³/mol. The van der Waals surface area contributed by atoms with Gasteiger partial charge in [0.15, 0.2) is 16.6 Å². The zero-order valence-corrected chi connectivity index (χ0v) is 20.1. The van der Waals surface area contributed by atoms with E-state index in [1.54, 1.807) is 11.4 Å². The number of β-lactam (4-membered cyclic amide) rings is 1. The molecule has 0 bridgehead atoms. The fourth-order valence-electron chi connectivity index (χ4n) is 3.48. The molecule has 2 aromatic rings. The van der Waals surface area contributed by atoms with Gasteiger partial charge in [-0.25, -0.2) is 4.98 Å². The maximum Gasteiger partial charge on any atom is 0.313 e. The Labute approximate surface area is 205 Å². The Morgan fingerprint density at radius 1 is 1.50 bits per heavy atom. The number of carboxylic acid groups (broad SMARTS) is 1. The highest BCUT2D eigenvalue weighted by molar-refractivity contribution is 8.14. The number of nitrogens with two attached hydrogens (primary N) is 1. The molecule has 0 aliphatic carbocycles. The van der Waals surface area contributed by atoms with E-state index in [-0.39, 0.29) is 45.5 Å². The number of carbonyl (C=O) groups excluding carboxylic acids is 3. The molecule has 2 fully saturated rings. The molecule has 3 atom stereocenters. The molecule has 2 aliphatic heterocycles. The van der Waals surface area contributed by atoms with Gasteiger partial charge in [-0.05, 0) is 12.1 Å². The van der Waals surface area contributed by atoms with E-state index in [2.05, 4.69) is 15.5 Å². The molecular formula is C19H19N5O7S3. The zero-order chi connectivity index (χ0) is 24.5. The molecule has 4 heterocycles. The van der Waals surface area contributed by atoms with Crippen molar-refractivity contribution >= 4 is 68.6 Å². The maximum atomic E-state index is 12.8. The Bertz CT molecular complexity index is 1150. The topological polar surface area (TPSA) is 177 Å². The SMILES string of the molecule is CO/N=C(\C(=O)N[C@@H]1C(=O)N2CC(CSC(=O)c3ccco3)(C(=O)O)CS[C@H]12)c1csc(N)n1. The van der Waals surface area contributed by atoms with Crippen molar-refractivity contribution in [2.45, 2.75) is 11.4 Å². The van der Waals surface area contributed by atoms with E-state index in [0.29, 0.717) is 0 Å². The van der Waals surface area contributed by atoms with Gasteiger partial charge in [0.2, 0.25) is 5.91 Å². The number of fused-ring (bicyclic) bond motifs is 1. The fraction of sp³-hybridized carbons (Fsp3) is 0.368. The van der Waals surface area contributed by atoms with Crippen LogP contribution in [0, 0.1) is 5.41 Å². The molecule has 0 aromatic carbocycles. The molecule has 0 spiro atoms. The number of nitrogens with one attached hydrogen (secondary N) is 1. The summed E-state index contributed by atoms with van der Waals surface area (Å²) in [5.41, 5.74) is 4.38. The summed E-state index contributed by atoms with van der Waals surface area (Å²) in [7, 11) is 1.27. The van der Waals surface area contributed by atoms with Crippen LogP contribution in [0.2, 0.25) is 0 Å². The first kappa shape index (κ1) is 24.1. The number of thiazole rings is 1. The fourth-order valence-corrected chi connectivity index (χ4v) is 6.68. The van der Waals surface area contributed by atoms with Crippen molar-refractivity contribution in [3.8, 4) is 0 Å². The van der Waals surface area contributed by atoms with Crippen molar-refractivity contribution in [3.63, 3.8) is 0 Å². The number of amides is 2. The Morgan fingerprint density at radius 2 is 2.29 bits per heavy atom. The molecular weight excluding hydrogens is 506 g/mol. The van der Waals surface area contributed by atoms with E-state index in [4.69, 9.17) is 15.0 Å². The summed E-state index contributed by atoms with van der Waals surface area (Å²) >= 11 is 3.19. The number of hydrogen-bond acceptors (Lipinski definition) is 12. The second kappa shape index (κ2) is 9.68. The second-order valence-corrected chi connectivity index (χ2v) is 10.4. The van der Waals surface area contributed by atoms with E-state index in [1.807, 2.05) is 0 Å². The van der Waals surface area contributed by atoms with Gasteiger partial charge in [-0.1, -0.05) is 16.9 Å². The van der Waals surface area contributed by atoms with Crippen molar-refractivity contribution in [1.82, 2.24) is 15.2 Å². The van der Waals surface area contributed by atoms with Gasteiger partial charge >= 0.3 is 5.97 Å². The van der Waals surface area contributed by atoms with Crippen molar-refractivity contribution in [3.05, 3.63) is 35.2 Å². The molecule has 2 aromatic heterocycles. The quantitative estimate of drug-likeness (QED) is 0.251. The Hall–Kier alpha value is -3.04. The first-order valence-corrected chi connectivity index (χ1v) is 12.7. The van der Waals surface area contributed by atoms with Crippen LogP contribution < -0.4 is 11.1 Å². The van der Waals surface area contributed by atoms with Crippen LogP contribution in [0.3, 0.4) is 0 Å². The van der Waals surface area contributed by atoms with E-state index in [1.165, 1.54) is 36.1 Å². The number of furan rings is 1. The molecule has 4 rings (SSSR count). The number of anilines is 1. The number of rotatable bonds is 8. The molecule has 2 aliphatic rings. The summed E-state index contributed by atoms with van der Waals surface area (Å²) < 4.78 is 5.06. The Kier molecular flexibility index (Phi) is 6.86. The Morgan fingerprint density at radius 3 is 2.91 bits per heavy atom. The van der Waals surface area contributed by atoms with Gasteiger partial charge < -0.3 is 30.3 Å². The van der Waals surface area contributed by atoms with Crippen LogP contribution in [0.25, 0.3) is 0 Å². The summed E-state index contributed by atoms with van der Waals surface area (Å²) in [5.74, 6) is -1.94. The number of hydrogen-bond donors (Lipinski definition) is 3. The number of nitrogen functional groups attached to an aromatic ring is 1. The highest BCUT2D eigenvalue weighted by Gasteiger charge is 2.57. The number of oxime groups is 1. The van der Waals surface area contributed by atoms with Crippen LogP contribution >= 0.6 is 34.9 Å². The van der Waals surface area contributed by atoms with E-state index < -0.39 is 34.6 Å². The zero-order valence-electron chi connectivity index (χ0n) is 17.6. The summed E-state index contributed by atoms with van der Waals surface area (Å²) in [6.45, 7) is -0.0781. The van der Waals surface area contributed by atoms with Gasteiger partial charge in [0.25, 0.3) is 11.0 Å². The van der Waals surface area contributed by atoms with E-state index in [0.717, 1.165) is 23.1 Å². The average molecular weight is 526 g/mol. The van der Waals surface area contributed by atoms with Crippen molar-refractivity contribution in [1.29, 1.82) is 0 Å². The molecule has 1 unspecified atom stereocenters. The number of thioether (sulfide) groups is 2. The molecule has 0 saturated carbocycles. The standard InChI is InChI=1S/C19H19N5O7S3/c1-30-23-11(9-5-32-18(20)21-9)13(25)22-12-14(26)24-6-19(17(28)29,7-33-15(12)24)8-34-16(27)10-3-2-4-31-10/h2-5,12,15H,6-8H2,1H3,(H2,20,21)(H,22,25)(H,28,29)/b23-11-/t12-,15-,19?/m1/s1. The average Bonchev–Trinajstić information content (AvgIpc) is 3.51. The molecule has 12 nitrogen and oxygen atoms in total. The number of carboxylic acids is 1. The van der Waals surface area contributed by atoms with E-state index >= 15 is 0 Å². The third-order valence-electron chi connectivity index (χ3n) is 5.25. The molecule has 2 amide bonds. The Balaban J connectivity index is 1.41. The minimum atomic E-state index is -1.32. The lowest BCUT2D eigenvalue weighted by atomic mass is 9.89. The minimum Gasteiger partial charge on any atom is -0.481 e. The van der Waals surface area contributed by atoms with Gasteiger partial charge in [0, 0.05) is 23.4 Å². The smallest absolute Gasteiger partial charge is 0.313 e. The van der Waals surface area contributed by atoms with Crippen molar-refractivity contribution < 1.29 is 33.5 Å². The summed E-state index contributed by atoms with van der Waals surface area (Å²) in [5, 5.41) is 17.2. The molecule has 34 heavy (non-hydrogen) atoms. The van der Waals surface area contributed by atoms with Crippen LogP contribution in [0.1, 0.15) is 16.2 Å². The van der Waals surface area contributed by atoms with Crippen LogP contribution in [0.5, 0.6) is 0 Å². The summed E-state index contributed by atoms with van der Waals surface area (Å²) in [6.07, 6.45) is 1.36. The molecule has 0 radical (unpaired) electrons. The number of carbonyl (C=O) groups is 4. The van der Waals surface area contributed by atoms with Gasteiger partial charge in [0.1, 0.15) is 29.6 Å². The molecule has 4 N–H and O–H groups in total. The van der Waals surface area contributed by atoms with Gasteiger partial charge in [0.05, 0.1) is 6.26 Å². The van der Waals surface area contributed by atoms with Gasteiger partial charge in [-0.3, -0.25) is 19.2 Å². The third-order valence-corrected chi connectivity index (χ3v) is 8.67. The second-order valence-electron chi connectivity index (χ2n) is 7.45. The molecule has 180 valence electrons. The maximum absolute atomic E-state index is 12.8. The highest BCUT2D eigenvalue weighted by Crippen LogP contribution is 2.44. The lowest BCUT2D eigenvalue weighted by Crippen LogP contribution is -2.74. The summed E-state index contributed by atoms with van der Waals surface area (Å²) in [4.78, 5) is 60.1. The molecule has 15 heteroatoms.